The zero-order chi connectivity index (χ0) is 59.0. The number of hydrogen-bond acceptors (Lipinski definition) is 4. The van der Waals surface area contributed by atoms with Crippen LogP contribution in [0.2, 0.25) is 0 Å². The van der Waals surface area contributed by atoms with Gasteiger partial charge in [-0.15, -0.1) is 22.1 Å². The summed E-state index contributed by atoms with van der Waals surface area (Å²) in [5, 5.41) is 12.8. The Balaban J connectivity index is 0.000000165. The molecule has 3 aromatic heterocycles. The van der Waals surface area contributed by atoms with Crippen molar-refractivity contribution in [3.63, 3.8) is 0 Å². The molecule has 1 aliphatic carbocycles. The van der Waals surface area contributed by atoms with Crippen molar-refractivity contribution < 1.29 is 24.3 Å². The number of allylic oxidation sites excluding steroid dienone is 4. The molecule has 0 spiro atoms. The monoisotopic (exact) mass is 1230 g/mol. The van der Waals surface area contributed by atoms with Crippen molar-refractivity contribution in [2.75, 3.05) is 0 Å². The van der Waals surface area contributed by atoms with Crippen molar-refractivity contribution in [2.45, 2.75) is 27.7 Å². The van der Waals surface area contributed by atoms with Crippen LogP contribution in [0.5, 0.6) is 0 Å². The maximum atomic E-state index is 11.6. The van der Waals surface area contributed by atoms with E-state index in [9.17, 15) is 10.2 Å². The van der Waals surface area contributed by atoms with Crippen molar-refractivity contribution in [1.82, 2.24) is 19.9 Å². The molecular weight excluding hydrogens is 1170 g/mol. The van der Waals surface area contributed by atoms with Crippen LogP contribution in [0, 0.1) is 13.8 Å². The predicted octanol–water partition coefficient (Wildman–Crippen LogP) is 16.5. The number of aliphatic imine (C=N–C) groups is 1. The van der Waals surface area contributed by atoms with Gasteiger partial charge < -0.3 is 20.2 Å². The Kier molecular flexibility index (Phi) is 17.9. The first-order valence-corrected chi connectivity index (χ1v) is 30.8. The second kappa shape index (κ2) is 26.5. The molecule has 3 aliphatic rings. The number of hydrogen-bond donors (Lipinski definition) is 1. The van der Waals surface area contributed by atoms with Gasteiger partial charge in [0.15, 0.2) is 0 Å². The first kappa shape index (κ1) is 58.7. The van der Waals surface area contributed by atoms with Gasteiger partial charge in [0, 0.05) is 0 Å². The van der Waals surface area contributed by atoms with Crippen molar-refractivity contribution >= 4 is 87.4 Å². The number of fused-ring (bicyclic) bond motifs is 8. The van der Waals surface area contributed by atoms with Crippen LogP contribution in [0.25, 0.3) is 96.3 Å². The number of rotatable bonds is 8. The summed E-state index contributed by atoms with van der Waals surface area (Å²) in [6, 6.07) is 86.1. The Morgan fingerprint density at radius 1 is 0.356 bits per heavy atom. The molecule has 87 heavy (non-hydrogen) atoms. The zero-order valence-corrected chi connectivity index (χ0v) is 51.4. The van der Waals surface area contributed by atoms with Gasteiger partial charge in [-0.3, -0.25) is 0 Å². The maximum Gasteiger partial charge on any atom is 3.00 e. The summed E-state index contributed by atoms with van der Waals surface area (Å²) in [5.74, 6) is 0. The van der Waals surface area contributed by atoms with Crippen molar-refractivity contribution in [1.29, 1.82) is 0 Å². The third-order valence-corrected chi connectivity index (χ3v) is 19.1. The Bertz CT molecular complexity index is 4120. The van der Waals surface area contributed by atoms with Crippen LogP contribution in [-0.2, 0) is 19.5 Å². The van der Waals surface area contributed by atoms with Crippen molar-refractivity contribution in [3.8, 4) is 44.5 Å². The molecule has 2 aliphatic heterocycles. The van der Waals surface area contributed by atoms with E-state index < -0.39 is 8.32 Å². The Morgan fingerprint density at radius 2 is 0.621 bits per heavy atom. The number of benzene rings is 8. The number of aromatic nitrogens is 4. The fourth-order valence-electron chi connectivity index (χ4n) is 11.3. The Hall–Kier alpha value is -10.0. The fourth-order valence-corrected chi connectivity index (χ4v) is 14.4. The third-order valence-electron chi connectivity index (χ3n) is 15.6. The SMILES string of the molecule is C1=Cc2nc1c(-c1ccccc1)c1ccc([n-]1)c(-c1ccccc1)c1nc(c(-c3ccccc3)c3ccc([n-]3)c2-c2ccccc2)C=C1.CC1=CC(=Nc2c(C)cccc2C)C=C(C)C1=[N-].O[Si](c1ccccc1)(c1ccccc1)c1ccccc1.[Ru+3]. The van der Waals surface area contributed by atoms with Gasteiger partial charge >= 0.3 is 19.5 Å². The van der Waals surface area contributed by atoms with E-state index in [1.165, 1.54) is 11.1 Å². The molecule has 5 heterocycles. The average Bonchev–Trinajstić information content (AvgIpc) is 4.16. The molecule has 8 aromatic carbocycles. The third kappa shape index (κ3) is 12.6. The van der Waals surface area contributed by atoms with Gasteiger partial charge in [0.1, 0.15) is 0 Å². The van der Waals surface area contributed by atoms with Gasteiger partial charge in [0.2, 0.25) is 0 Å². The normalized spacial score (nSPS) is 12.4. The van der Waals surface area contributed by atoms with Crippen LogP contribution in [0.1, 0.15) is 47.8 Å². The smallest absolute Gasteiger partial charge is 0.804 e. The van der Waals surface area contributed by atoms with E-state index in [4.69, 9.17) is 24.9 Å². The van der Waals surface area contributed by atoms with E-state index in [0.717, 1.165) is 127 Å². The van der Waals surface area contributed by atoms with E-state index >= 15 is 0 Å². The van der Waals surface area contributed by atoms with Gasteiger partial charge in [-0.1, -0.05) is 266 Å². The number of nitrogens with zero attached hydrogens (tertiary/aromatic N) is 6. The Morgan fingerprint density at radius 3 is 0.897 bits per heavy atom. The first-order valence-electron chi connectivity index (χ1n) is 28.8. The van der Waals surface area contributed by atoms with Crippen LogP contribution in [0.4, 0.5) is 5.69 Å². The van der Waals surface area contributed by atoms with Gasteiger partial charge in [0.25, 0.3) is 8.32 Å². The molecule has 1 N–H and O–H groups in total. The molecule has 11 aromatic rings. The van der Waals surface area contributed by atoms with Crippen LogP contribution in [0.3, 0.4) is 0 Å². The summed E-state index contributed by atoms with van der Waals surface area (Å²) in [7, 11) is -2.88. The van der Waals surface area contributed by atoms with Crippen molar-refractivity contribution in [3.05, 3.63) is 317 Å². The van der Waals surface area contributed by atoms with Gasteiger partial charge in [-0.05, 0) is 135 Å². The second-order valence-corrected chi connectivity index (χ2v) is 24.6. The summed E-state index contributed by atoms with van der Waals surface area (Å²) < 4.78 is 0. The van der Waals surface area contributed by atoms with Gasteiger partial charge in [-0.2, -0.15) is 5.71 Å². The molecule has 0 amide bonds. The summed E-state index contributed by atoms with van der Waals surface area (Å²) in [5.41, 5.74) is 21.3. The van der Waals surface area contributed by atoms with E-state index in [0.29, 0.717) is 5.71 Å². The number of aryl methyl sites for hydroxylation is 2. The topological polar surface area (TPSA) is 109 Å². The molecule has 1 radical (unpaired) electrons. The van der Waals surface area contributed by atoms with Crippen LogP contribution in [0.15, 0.2) is 283 Å². The van der Waals surface area contributed by atoms with E-state index in [1.807, 2.05) is 147 Å². The fraction of sp³-hybridized carbons (Fsp3) is 0.0513. The molecule has 0 fully saturated rings. The molecule has 0 unspecified atom stereocenters. The minimum atomic E-state index is -2.88. The summed E-state index contributed by atoms with van der Waals surface area (Å²) >= 11 is 0. The molecule has 0 saturated heterocycles. The molecule has 0 saturated carbocycles. The van der Waals surface area contributed by atoms with E-state index in [-0.39, 0.29) is 19.5 Å². The molecule has 0 atom stereocenters. The molecular formula is C78H61N6ORuSi. The standard InChI is InChI=1S/C44H28N4.C18H16OSi.C16H17N2.Ru/c1-5-13-29(14-6-1)41-33-21-23-35(45-33)42(30-15-7-2-8-16-30)37-25-27-39(47-37)44(32-19-11-4-12-20-32)40-28-26-38(48-40)43(31-17-9-3-10-18-31)36-24-22-34(41)46-36;19-20(16-10-4-1-5-11-16,17-12-6-2-7-13-17)18-14-8-3-9-15-18;1-10-6-5-7-11(2)16(10)18-14-8-12(3)15(17)13(4)9-14;/h1-28H;1-15,19H;5-9H,1-4H3;/q-2;;-1;+3. The molecule has 14 rings (SSSR count). The van der Waals surface area contributed by atoms with E-state index in [1.54, 1.807) is 0 Å². The number of para-hydroxylation sites is 1. The van der Waals surface area contributed by atoms with E-state index in [2.05, 4.69) is 172 Å². The molecule has 421 valence electrons. The second-order valence-electron chi connectivity index (χ2n) is 21.4. The molecule has 8 bridgehead atoms. The Labute approximate surface area is 522 Å². The van der Waals surface area contributed by atoms with Gasteiger partial charge in [-0.25, -0.2) is 15.0 Å². The molecule has 9 heteroatoms. The minimum Gasteiger partial charge on any atom is -0.804 e. The first-order chi connectivity index (χ1) is 42.1. The summed E-state index contributed by atoms with van der Waals surface area (Å²) in [6.45, 7) is 7.91. The summed E-state index contributed by atoms with van der Waals surface area (Å²) in [4.78, 5) is 37.5. The maximum absolute atomic E-state index is 11.6. The largest absolute Gasteiger partial charge is 3.00 e. The van der Waals surface area contributed by atoms with Crippen LogP contribution < -0.4 is 25.5 Å². The predicted molar refractivity (Wildman–Crippen MR) is 364 cm³/mol. The minimum absolute atomic E-state index is 0. The van der Waals surface area contributed by atoms with Crippen LogP contribution >= 0.6 is 0 Å². The summed E-state index contributed by atoms with van der Waals surface area (Å²) in [6.07, 6.45) is 12.2. The molecule has 7 nitrogen and oxygen atoms in total. The average molecular weight is 1230 g/mol. The van der Waals surface area contributed by atoms with Gasteiger partial charge in [0.05, 0.1) is 34.2 Å². The quantitative estimate of drug-likeness (QED) is 0.0926. The van der Waals surface area contributed by atoms with Crippen molar-refractivity contribution in [2.24, 2.45) is 4.99 Å². The zero-order valence-electron chi connectivity index (χ0n) is 48.7. The van der Waals surface area contributed by atoms with Crippen LogP contribution in [-0.4, -0.2) is 34.5 Å².